The normalized spacial score (nSPS) is 12.4. The molecule has 14 heteroatoms. The van der Waals surface area contributed by atoms with Crippen molar-refractivity contribution in [3.8, 4) is 11.5 Å². The molecule has 0 aliphatic carbocycles. The van der Waals surface area contributed by atoms with Crippen molar-refractivity contribution >= 4 is 54.8 Å². The van der Waals surface area contributed by atoms with E-state index in [9.17, 15) is 21.6 Å². The fourth-order valence-corrected chi connectivity index (χ4v) is 4.80. The summed E-state index contributed by atoms with van der Waals surface area (Å²) in [5.74, 6) is 0.225. The molecule has 0 atom stereocenters. The first-order valence-corrected chi connectivity index (χ1v) is 11.5. The zero-order valence-electron chi connectivity index (χ0n) is 15.7. The molecule has 1 aromatic carbocycles. The molecular weight excluding hydrogens is 546 g/mol. The molecule has 0 saturated carbocycles. The molecule has 0 amide bonds. The van der Waals surface area contributed by atoms with Gasteiger partial charge < -0.3 is 0 Å². The van der Waals surface area contributed by atoms with Gasteiger partial charge in [0.1, 0.15) is 5.69 Å². The summed E-state index contributed by atoms with van der Waals surface area (Å²) in [4.78, 5) is 3.51. The van der Waals surface area contributed by atoms with Gasteiger partial charge in [0, 0.05) is 12.2 Å². The second-order valence-electron chi connectivity index (χ2n) is 6.55. The highest BCUT2D eigenvalue weighted by atomic mass is 79.9. The lowest BCUT2D eigenvalue weighted by atomic mass is 10.2. The lowest BCUT2D eigenvalue weighted by Gasteiger charge is -2.16. The number of halogens is 6. The second-order valence-corrected chi connectivity index (χ2v) is 9.79. The largest absolute Gasteiger partial charge is 0.417 e. The zero-order chi connectivity index (χ0) is 23.1. The molecule has 0 saturated heterocycles. The number of alkyl halides is 3. The summed E-state index contributed by atoms with van der Waals surface area (Å²) in [7, 11) is -4.46. The molecule has 166 valence electrons. The number of benzene rings is 1. The number of pyridine rings is 1. The van der Waals surface area contributed by atoms with Crippen molar-refractivity contribution < 1.29 is 21.6 Å². The second kappa shape index (κ2) is 8.57. The molecule has 0 aliphatic heterocycles. The van der Waals surface area contributed by atoms with E-state index >= 15 is 0 Å². The third-order valence-corrected chi connectivity index (χ3v) is 6.47. The number of rotatable bonds is 5. The molecule has 3 aromatic rings. The Morgan fingerprint density at radius 1 is 1.16 bits per heavy atom. The third-order valence-electron chi connectivity index (χ3n) is 4.03. The van der Waals surface area contributed by atoms with Crippen LogP contribution in [0.2, 0.25) is 10.0 Å². The minimum absolute atomic E-state index is 0.0854. The average molecular weight is 559 g/mol. The fourth-order valence-electron chi connectivity index (χ4n) is 2.68. The molecule has 3 rings (SSSR count). The minimum Gasteiger partial charge on any atom is -0.298 e. The van der Waals surface area contributed by atoms with Crippen LogP contribution >= 0.6 is 39.1 Å². The standard InChI is InChI=1S/C17H13BrCl2F3N5O2S/c1-8(2)28-15(25-26-16(28)18)14-13(5-9(19)7-24-14)27-31(29,30)10-3-4-12(20)11(6-10)17(21,22)23/h3-8,27H,1-2H3. The Kier molecular flexibility index (Phi) is 6.57. The maximum Gasteiger partial charge on any atom is 0.417 e. The Bertz CT molecular complexity index is 1250. The van der Waals surface area contributed by atoms with Crippen LogP contribution < -0.4 is 4.72 Å². The highest BCUT2D eigenvalue weighted by Crippen LogP contribution is 2.37. The van der Waals surface area contributed by atoms with Crippen LogP contribution in [0.25, 0.3) is 11.5 Å². The van der Waals surface area contributed by atoms with Crippen LogP contribution in [0.5, 0.6) is 0 Å². The lowest BCUT2D eigenvalue weighted by Crippen LogP contribution is -2.16. The summed E-state index contributed by atoms with van der Waals surface area (Å²) in [6, 6.07) is 3.44. The Morgan fingerprint density at radius 3 is 2.45 bits per heavy atom. The Balaban J connectivity index is 2.11. The van der Waals surface area contributed by atoms with Gasteiger partial charge in [-0.2, -0.15) is 13.2 Å². The van der Waals surface area contributed by atoms with Gasteiger partial charge >= 0.3 is 6.18 Å². The number of anilines is 1. The van der Waals surface area contributed by atoms with Gasteiger partial charge in [-0.1, -0.05) is 23.2 Å². The van der Waals surface area contributed by atoms with Crippen molar-refractivity contribution in [1.29, 1.82) is 0 Å². The number of hydrogen-bond donors (Lipinski definition) is 1. The van der Waals surface area contributed by atoms with Gasteiger partial charge in [0.25, 0.3) is 10.0 Å². The highest BCUT2D eigenvalue weighted by molar-refractivity contribution is 9.10. The predicted octanol–water partition coefficient (Wildman–Crippen LogP) is 5.81. The monoisotopic (exact) mass is 557 g/mol. The average Bonchev–Trinajstić information content (AvgIpc) is 3.02. The molecular formula is C17H13BrCl2F3N5O2S. The molecule has 31 heavy (non-hydrogen) atoms. The van der Waals surface area contributed by atoms with Crippen LogP contribution in [0, 0.1) is 0 Å². The van der Waals surface area contributed by atoms with Gasteiger partial charge in [0.05, 0.1) is 26.2 Å². The van der Waals surface area contributed by atoms with Crippen molar-refractivity contribution in [2.24, 2.45) is 0 Å². The van der Waals surface area contributed by atoms with Crippen LogP contribution in [0.3, 0.4) is 0 Å². The van der Waals surface area contributed by atoms with E-state index in [2.05, 4.69) is 35.8 Å². The van der Waals surface area contributed by atoms with Crippen LogP contribution in [-0.4, -0.2) is 28.2 Å². The Morgan fingerprint density at radius 2 is 1.84 bits per heavy atom. The van der Waals surface area contributed by atoms with Crippen LogP contribution in [0.15, 0.2) is 40.1 Å². The van der Waals surface area contributed by atoms with Crippen LogP contribution in [-0.2, 0) is 16.2 Å². The first-order chi connectivity index (χ1) is 14.3. The number of aromatic nitrogens is 4. The van der Waals surface area contributed by atoms with Gasteiger partial charge in [-0.25, -0.2) is 13.4 Å². The van der Waals surface area contributed by atoms with Crippen molar-refractivity contribution in [2.45, 2.75) is 31.0 Å². The van der Waals surface area contributed by atoms with E-state index in [1.54, 1.807) is 4.57 Å². The Labute approximate surface area is 193 Å². The summed E-state index contributed by atoms with van der Waals surface area (Å²) in [5, 5.41) is 7.42. The molecule has 2 heterocycles. The summed E-state index contributed by atoms with van der Waals surface area (Å²) in [6.45, 7) is 3.70. The minimum atomic E-state index is -4.83. The van der Waals surface area contributed by atoms with E-state index in [-0.39, 0.29) is 28.3 Å². The maximum absolute atomic E-state index is 13.2. The number of hydrogen-bond acceptors (Lipinski definition) is 5. The molecule has 1 N–H and O–H groups in total. The Hall–Kier alpha value is -1.89. The van der Waals surface area contributed by atoms with E-state index in [4.69, 9.17) is 23.2 Å². The fraction of sp³-hybridized carbons (Fsp3) is 0.235. The van der Waals surface area contributed by atoms with Gasteiger partial charge in [0.2, 0.25) is 4.73 Å². The quantitative estimate of drug-likeness (QED) is 0.427. The molecule has 2 aromatic heterocycles. The van der Waals surface area contributed by atoms with E-state index in [0.717, 1.165) is 12.1 Å². The molecule has 0 unspecified atom stereocenters. The van der Waals surface area contributed by atoms with Crippen molar-refractivity contribution in [1.82, 2.24) is 19.7 Å². The first-order valence-electron chi connectivity index (χ1n) is 8.47. The highest BCUT2D eigenvalue weighted by Gasteiger charge is 2.34. The van der Waals surface area contributed by atoms with E-state index in [1.165, 1.54) is 12.3 Å². The molecule has 0 radical (unpaired) electrons. The predicted molar refractivity (Wildman–Crippen MR) is 114 cm³/mol. The molecule has 0 aliphatic rings. The van der Waals surface area contributed by atoms with Gasteiger partial charge in [-0.05, 0) is 54.0 Å². The topological polar surface area (TPSA) is 89.8 Å². The molecule has 0 fully saturated rings. The van der Waals surface area contributed by atoms with Crippen LogP contribution in [0.1, 0.15) is 25.5 Å². The van der Waals surface area contributed by atoms with Crippen molar-refractivity contribution in [3.63, 3.8) is 0 Å². The van der Waals surface area contributed by atoms with Gasteiger partial charge in [0.15, 0.2) is 5.82 Å². The van der Waals surface area contributed by atoms with Gasteiger partial charge in [-0.15, -0.1) is 10.2 Å². The first kappa shape index (κ1) is 23.8. The SMILES string of the molecule is CC(C)n1c(Br)nnc1-c1ncc(Cl)cc1NS(=O)(=O)c1ccc(Cl)c(C(F)(F)F)c1. The summed E-state index contributed by atoms with van der Waals surface area (Å²) >= 11 is 14.8. The molecule has 7 nitrogen and oxygen atoms in total. The zero-order valence-corrected chi connectivity index (χ0v) is 19.7. The summed E-state index contributed by atoms with van der Waals surface area (Å²) in [5.41, 5.74) is -1.27. The smallest absolute Gasteiger partial charge is 0.298 e. The summed E-state index contributed by atoms with van der Waals surface area (Å²) < 4.78 is 69.5. The van der Waals surface area contributed by atoms with Crippen LogP contribution in [0.4, 0.5) is 18.9 Å². The van der Waals surface area contributed by atoms with E-state index in [1.807, 2.05) is 13.8 Å². The number of nitrogens with one attached hydrogen (secondary N) is 1. The third kappa shape index (κ3) is 4.97. The van der Waals surface area contributed by atoms with Gasteiger partial charge in [-0.3, -0.25) is 9.29 Å². The van der Waals surface area contributed by atoms with E-state index in [0.29, 0.717) is 10.8 Å². The number of sulfonamides is 1. The number of nitrogens with zero attached hydrogens (tertiary/aromatic N) is 4. The van der Waals surface area contributed by atoms with E-state index < -0.39 is 31.7 Å². The lowest BCUT2D eigenvalue weighted by molar-refractivity contribution is -0.137. The molecule has 0 bridgehead atoms. The van der Waals surface area contributed by atoms with Crippen molar-refractivity contribution in [2.75, 3.05) is 4.72 Å². The summed E-state index contributed by atoms with van der Waals surface area (Å²) in [6.07, 6.45) is -3.54. The van der Waals surface area contributed by atoms with Crippen molar-refractivity contribution in [3.05, 3.63) is 50.8 Å². The molecule has 0 spiro atoms. The maximum atomic E-state index is 13.2.